The summed E-state index contributed by atoms with van der Waals surface area (Å²) < 4.78 is 7.83. The Balaban J connectivity index is 1.25. The van der Waals surface area contributed by atoms with Crippen molar-refractivity contribution in [3.63, 3.8) is 0 Å². The highest BCUT2D eigenvalue weighted by molar-refractivity contribution is 5.74. The lowest BCUT2D eigenvalue weighted by molar-refractivity contribution is -0.00443. The smallest absolute Gasteiger partial charge is 0.315 e. The molecule has 1 aliphatic heterocycles. The zero-order chi connectivity index (χ0) is 16.6. The van der Waals surface area contributed by atoms with Gasteiger partial charge in [0.15, 0.2) is 0 Å². The summed E-state index contributed by atoms with van der Waals surface area (Å²) in [7, 11) is 1.98. The van der Waals surface area contributed by atoms with Crippen molar-refractivity contribution < 1.29 is 9.53 Å². The number of amides is 2. The van der Waals surface area contributed by atoms with Crippen molar-refractivity contribution >= 4 is 6.03 Å². The van der Waals surface area contributed by atoms with Gasteiger partial charge in [-0.25, -0.2) is 9.78 Å². The van der Waals surface area contributed by atoms with E-state index in [1.165, 1.54) is 25.7 Å². The molecular formula is C18H28N4O2. The fourth-order valence-corrected chi connectivity index (χ4v) is 4.26. The normalized spacial score (nSPS) is 29.4. The molecule has 1 saturated heterocycles. The van der Waals surface area contributed by atoms with Crippen molar-refractivity contribution in [2.75, 3.05) is 6.61 Å². The first-order chi connectivity index (χ1) is 11.6. The monoisotopic (exact) mass is 332 g/mol. The summed E-state index contributed by atoms with van der Waals surface area (Å²) in [6.45, 7) is 0.661. The fraction of sp³-hybridized carbons (Fsp3) is 0.778. The first-order valence-corrected chi connectivity index (χ1v) is 9.29. The Labute approximate surface area is 143 Å². The number of rotatable bonds is 3. The number of nitrogens with one attached hydrogen (secondary N) is 2. The maximum atomic E-state index is 12.3. The first-order valence-electron chi connectivity index (χ1n) is 9.29. The van der Waals surface area contributed by atoms with Crippen LogP contribution in [0.25, 0.3) is 0 Å². The maximum Gasteiger partial charge on any atom is 0.315 e. The molecule has 0 bridgehead atoms. The van der Waals surface area contributed by atoms with Crippen LogP contribution >= 0.6 is 0 Å². The number of imidazole rings is 1. The lowest BCUT2D eigenvalue weighted by Crippen LogP contribution is -2.49. The summed E-state index contributed by atoms with van der Waals surface area (Å²) in [4.78, 5) is 16.7. The number of aryl methyl sites for hydroxylation is 1. The predicted octanol–water partition coefficient (Wildman–Crippen LogP) is 2.66. The third-order valence-electron chi connectivity index (χ3n) is 6.10. The van der Waals surface area contributed by atoms with Gasteiger partial charge in [0.05, 0.1) is 0 Å². The van der Waals surface area contributed by atoms with Crippen molar-refractivity contribution in [1.29, 1.82) is 0 Å². The average Bonchev–Trinajstić information content (AvgIpc) is 3.19. The van der Waals surface area contributed by atoms with Crippen molar-refractivity contribution in [2.45, 2.75) is 69.6 Å². The minimum Gasteiger partial charge on any atom is -0.370 e. The second-order valence-corrected chi connectivity index (χ2v) is 7.87. The van der Waals surface area contributed by atoms with E-state index in [1.54, 1.807) is 6.20 Å². The summed E-state index contributed by atoms with van der Waals surface area (Å²) in [6, 6.07) is 0.484. The van der Waals surface area contributed by atoms with Gasteiger partial charge in [0.1, 0.15) is 11.9 Å². The Morgan fingerprint density at radius 2 is 1.96 bits per heavy atom. The molecular weight excluding hydrogens is 304 g/mol. The molecule has 0 aromatic carbocycles. The molecule has 2 N–H and O–H groups in total. The van der Waals surface area contributed by atoms with Gasteiger partial charge < -0.3 is 19.9 Å². The third kappa shape index (κ3) is 3.43. The van der Waals surface area contributed by atoms with Gasteiger partial charge in [-0.1, -0.05) is 0 Å². The molecule has 24 heavy (non-hydrogen) atoms. The van der Waals surface area contributed by atoms with Gasteiger partial charge in [-0.15, -0.1) is 0 Å². The number of hydrogen-bond acceptors (Lipinski definition) is 3. The second kappa shape index (κ2) is 6.39. The molecule has 2 heterocycles. The van der Waals surface area contributed by atoms with Crippen LogP contribution in [0.1, 0.15) is 63.3 Å². The number of urea groups is 1. The molecule has 2 saturated carbocycles. The highest BCUT2D eigenvalue weighted by Crippen LogP contribution is 2.56. The van der Waals surface area contributed by atoms with E-state index in [0.717, 1.165) is 31.5 Å². The van der Waals surface area contributed by atoms with Crippen molar-refractivity contribution in [3.05, 3.63) is 18.2 Å². The number of ether oxygens (including phenoxy) is 1. The van der Waals surface area contributed by atoms with E-state index >= 15 is 0 Å². The Hall–Kier alpha value is -1.56. The largest absolute Gasteiger partial charge is 0.370 e. The molecule has 6 nitrogen and oxygen atoms in total. The van der Waals surface area contributed by atoms with Gasteiger partial charge in [0.25, 0.3) is 0 Å². The summed E-state index contributed by atoms with van der Waals surface area (Å²) in [6.07, 6.45) is 13.0. The molecule has 2 unspecified atom stereocenters. The quantitative estimate of drug-likeness (QED) is 0.894. The summed E-state index contributed by atoms with van der Waals surface area (Å²) in [5.74, 6) is 0.934. The number of aromatic nitrogens is 2. The minimum atomic E-state index is -0.0338. The van der Waals surface area contributed by atoms with Crippen LogP contribution < -0.4 is 10.6 Å². The highest BCUT2D eigenvalue weighted by Gasteiger charge is 2.44. The van der Waals surface area contributed by atoms with E-state index in [-0.39, 0.29) is 18.2 Å². The Morgan fingerprint density at radius 1 is 1.21 bits per heavy atom. The van der Waals surface area contributed by atoms with Gasteiger partial charge in [0.2, 0.25) is 0 Å². The summed E-state index contributed by atoms with van der Waals surface area (Å²) >= 11 is 0. The molecule has 2 aliphatic carbocycles. The van der Waals surface area contributed by atoms with Crippen molar-refractivity contribution in [1.82, 2.24) is 20.2 Å². The van der Waals surface area contributed by atoms with Gasteiger partial charge in [-0.2, -0.15) is 0 Å². The molecule has 2 amide bonds. The summed E-state index contributed by atoms with van der Waals surface area (Å²) in [5, 5.41) is 6.33. The van der Waals surface area contributed by atoms with E-state index in [1.807, 2.05) is 17.8 Å². The number of hydrogen-bond donors (Lipinski definition) is 2. The SMILES string of the molecule is Cn1ccnc1C1CC(NC(=O)NC2CCC3(CC2)CC3)CCO1. The van der Waals surface area contributed by atoms with Crippen molar-refractivity contribution in [2.24, 2.45) is 12.5 Å². The molecule has 2 atom stereocenters. The Bertz CT molecular complexity index is 586. The Kier molecular flexibility index (Phi) is 4.24. The van der Waals surface area contributed by atoms with Crippen LogP contribution in [0.5, 0.6) is 0 Å². The van der Waals surface area contributed by atoms with Gasteiger partial charge >= 0.3 is 6.03 Å². The zero-order valence-electron chi connectivity index (χ0n) is 14.5. The third-order valence-corrected chi connectivity index (χ3v) is 6.10. The van der Waals surface area contributed by atoms with Crippen LogP contribution in [-0.4, -0.2) is 34.3 Å². The van der Waals surface area contributed by atoms with Crippen molar-refractivity contribution in [3.8, 4) is 0 Å². The molecule has 132 valence electrons. The molecule has 3 fully saturated rings. The van der Waals surface area contributed by atoms with Gasteiger partial charge in [-0.05, 0) is 50.4 Å². The average molecular weight is 332 g/mol. The van der Waals surface area contributed by atoms with E-state index in [9.17, 15) is 4.79 Å². The van der Waals surface area contributed by atoms with Crippen LogP contribution in [-0.2, 0) is 11.8 Å². The standard InChI is InChI=1S/C18H28N4O2/c1-22-10-9-19-16(22)15-12-14(4-11-24-15)21-17(23)20-13-2-5-18(6-3-13)7-8-18/h9-10,13-15H,2-8,11-12H2,1H3,(H2,20,21,23). The molecule has 1 aromatic rings. The molecule has 6 heteroatoms. The molecule has 1 aromatic heterocycles. The van der Waals surface area contributed by atoms with E-state index in [0.29, 0.717) is 18.1 Å². The predicted molar refractivity (Wildman–Crippen MR) is 90.5 cm³/mol. The fourth-order valence-electron chi connectivity index (χ4n) is 4.26. The van der Waals surface area contributed by atoms with Crippen LogP contribution in [0.3, 0.4) is 0 Å². The Morgan fingerprint density at radius 3 is 2.62 bits per heavy atom. The van der Waals surface area contributed by atoms with E-state index in [4.69, 9.17) is 4.74 Å². The van der Waals surface area contributed by atoms with Gasteiger partial charge in [-0.3, -0.25) is 0 Å². The maximum absolute atomic E-state index is 12.3. The van der Waals surface area contributed by atoms with Crippen LogP contribution in [0.4, 0.5) is 4.79 Å². The second-order valence-electron chi connectivity index (χ2n) is 7.87. The zero-order valence-corrected chi connectivity index (χ0v) is 14.5. The summed E-state index contributed by atoms with van der Waals surface area (Å²) in [5.41, 5.74) is 0.671. The number of carbonyl (C=O) groups excluding carboxylic acids is 1. The van der Waals surface area contributed by atoms with E-state index in [2.05, 4.69) is 15.6 Å². The number of carbonyl (C=O) groups is 1. The molecule has 0 radical (unpaired) electrons. The lowest BCUT2D eigenvalue weighted by atomic mass is 9.83. The minimum absolute atomic E-state index is 0.0164. The van der Waals surface area contributed by atoms with Crippen LogP contribution in [0, 0.1) is 5.41 Å². The van der Waals surface area contributed by atoms with Gasteiger partial charge in [0, 0.05) is 44.6 Å². The highest BCUT2D eigenvalue weighted by atomic mass is 16.5. The van der Waals surface area contributed by atoms with Crippen LogP contribution in [0.2, 0.25) is 0 Å². The van der Waals surface area contributed by atoms with Crippen LogP contribution in [0.15, 0.2) is 12.4 Å². The van der Waals surface area contributed by atoms with E-state index < -0.39 is 0 Å². The topological polar surface area (TPSA) is 68.2 Å². The number of nitrogens with zero attached hydrogens (tertiary/aromatic N) is 2. The first kappa shape index (κ1) is 15.9. The molecule has 4 rings (SSSR count). The molecule has 1 spiro atoms. The lowest BCUT2D eigenvalue weighted by Gasteiger charge is -2.32. The molecule has 3 aliphatic rings.